The van der Waals surface area contributed by atoms with Crippen molar-refractivity contribution in [2.24, 2.45) is 0 Å². The number of hydrogen-bond acceptors (Lipinski definition) is 7. The van der Waals surface area contributed by atoms with Crippen molar-refractivity contribution in [1.82, 2.24) is 24.5 Å². The number of nitrogens with zero attached hydrogens (tertiary/aromatic N) is 7. The molecule has 172 valence electrons. The fourth-order valence-corrected chi connectivity index (χ4v) is 3.86. The Kier molecular flexibility index (Phi) is 5.88. The molecule has 5 rings (SSSR count). The Hall–Kier alpha value is -4.30. The number of pyridine rings is 1. The Labute approximate surface area is 194 Å². The van der Waals surface area contributed by atoms with Gasteiger partial charge in [-0.3, -0.25) is 14.2 Å². The summed E-state index contributed by atoms with van der Waals surface area (Å²) < 4.78 is 23.0. The second-order valence-electron chi connectivity index (χ2n) is 7.84. The molecule has 4 aromatic rings. The highest BCUT2D eigenvalue weighted by molar-refractivity contribution is 5.95. The predicted octanol–water partition coefficient (Wildman–Crippen LogP) is 2.84. The number of carbonyl (C=O) groups is 1. The Bertz CT molecular complexity index is 1390. The van der Waals surface area contributed by atoms with Crippen molar-refractivity contribution in [1.29, 1.82) is 5.26 Å². The molecule has 0 unspecified atom stereocenters. The molecule has 0 radical (unpaired) electrons. The highest BCUT2D eigenvalue weighted by atomic mass is 19.1. The Morgan fingerprint density at radius 1 is 1.21 bits per heavy atom. The summed E-state index contributed by atoms with van der Waals surface area (Å²) in [6.07, 6.45) is 5.58. The van der Waals surface area contributed by atoms with Gasteiger partial charge in [0.05, 0.1) is 43.9 Å². The van der Waals surface area contributed by atoms with Crippen molar-refractivity contribution in [3.05, 3.63) is 60.3 Å². The van der Waals surface area contributed by atoms with Gasteiger partial charge in [0.1, 0.15) is 18.2 Å². The van der Waals surface area contributed by atoms with Gasteiger partial charge in [0.15, 0.2) is 5.82 Å². The molecule has 0 spiro atoms. The van der Waals surface area contributed by atoms with Gasteiger partial charge in [-0.15, -0.1) is 0 Å². The van der Waals surface area contributed by atoms with Gasteiger partial charge in [0.2, 0.25) is 0 Å². The van der Waals surface area contributed by atoms with Crippen LogP contribution in [0.1, 0.15) is 12.0 Å². The monoisotopic (exact) mass is 460 g/mol. The van der Waals surface area contributed by atoms with Crippen molar-refractivity contribution in [2.75, 3.05) is 30.0 Å². The molecule has 0 saturated carbocycles. The van der Waals surface area contributed by atoms with Crippen LogP contribution in [0.15, 0.2) is 48.9 Å². The minimum absolute atomic E-state index is 0.00498. The summed E-state index contributed by atoms with van der Waals surface area (Å²) in [5.74, 6) is 0.586. The van der Waals surface area contributed by atoms with Gasteiger partial charge in [0, 0.05) is 42.1 Å². The minimum Gasteiger partial charge on any atom is -0.370 e. The van der Waals surface area contributed by atoms with Crippen LogP contribution >= 0.6 is 0 Å². The number of amides is 1. The molecule has 11 heteroatoms. The normalized spacial score (nSPS) is 13.9. The number of nitrogens with one attached hydrogen (secondary N) is 1. The first-order valence-corrected chi connectivity index (χ1v) is 10.8. The Balaban J connectivity index is 1.38. The third kappa shape index (κ3) is 4.57. The summed E-state index contributed by atoms with van der Waals surface area (Å²) >= 11 is 0. The van der Waals surface area contributed by atoms with E-state index in [4.69, 9.17) is 10.00 Å². The number of morpholine rings is 1. The van der Waals surface area contributed by atoms with Gasteiger partial charge in [0.25, 0.3) is 5.91 Å². The number of rotatable bonds is 7. The summed E-state index contributed by atoms with van der Waals surface area (Å²) in [6, 6.07) is 10.3. The van der Waals surface area contributed by atoms with Crippen LogP contribution in [0.25, 0.3) is 10.9 Å². The number of anilines is 3. The van der Waals surface area contributed by atoms with E-state index >= 15 is 0 Å². The quantitative estimate of drug-likeness (QED) is 0.451. The number of ether oxygens (including phenoxy) is 1. The molecule has 1 amide bonds. The Morgan fingerprint density at radius 3 is 2.97 bits per heavy atom. The lowest BCUT2D eigenvalue weighted by atomic mass is 10.1. The number of nitriles is 1. The van der Waals surface area contributed by atoms with E-state index in [2.05, 4.69) is 26.6 Å². The van der Waals surface area contributed by atoms with Crippen molar-refractivity contribution < 1.29 is 13.9 Å². The fourth-order valence-electron chi connectivity index (χ4n) is 3.86. The van der Waals surface area contributed by atoms with Crippen LogP contribution in [-0.4, -0.2) is 50.2 Å². The number of hydrogen-bond donors (Lipinski definition) is 1. The average molecular weight is 460 g/mol. The van der Waals surface area contributed by atoms with E-state index in [1.807, 2.05) is 12.1 Å². The van der Waals surface area contributed by atoms with E-state index in [0.717, 1.165) is 10.9 Å². The Morgan fingerprint density at radius 2 is 2.12 bits per heavy atom. The topological polar surface area (TPSA) is 114 Å². The standard InChI is InChI=1S/C23H21FN8O2/c24-18-8-16(9-19(10-18)31-6-7-34-15-23(31)33)14-32-20-11-22(26-12-17(20)13-27-32)28-21-2-5-30(29-21)4-1-3-25/h2,5,8-13H,1,4,6-7,14-15H2,(H,26,28,29). The molecule has 1 aliphatic rings. The summed E-state index contributed by atoms with van der Waals surface area (Å²) in [5.41, 5.74) is 2.01. The van der Waals surface area contributed by atoms with Gasteiger partial charge < -0.3 is 15.0 Å². The van der Waals surface area contributed by atoms with Crippen LogP contribution in [0.5, 0.6) is 0 Å². The second-order valence-corrected chi connectivity index (χ2v) is 7.84. The number of aromatic nitrogens is 5. The maximum absolute atomic E-state index is 14.4. The molecule has 3 aromatic heterocycles. The van der Waals surface area contributed by atoms with Crippen molar-refractivity contribution in [3.8, 4) is 6.07 Å². The molecule has 4 heterocycles. The second kappa shape index (κ2) is 9.29. The maximum Gasteiger partial charge on any atom is 0.253 e. The smallest absolute Gasteiger partial charge is 0.253 e. The van der Waals surface area contributed by atoms with E-state index in [9.17, 15) is 9.18 Å². The summed E-state index contributed by atoms with van der Waals surface area (Å²) in [5, 5.41) is 21.5. The van der Waals surface area contributed by atoms with Crippen LogP contribution in [0.3, 0.4) is 0 Å². The lowest BCUT2D eigenvalue weighted by molar-refractivity contribution is -0.125. The van der Waals surface area contributed by atoms with Gasteiger partial charge in [-0.05, 0) is 23.8 Å². The first-order chi connectivity index (χ1) is 16.6. The average Bonchev–Trinajstić information content (AvgIpc) is 3.44. The van der Waals surface area contributed by atoms with E-state index in [1.165, 1.54) is 12.1 Å². The van der Waals surface area contributed by atoms with Crippen LogP contribution in [0.2, 0.25) is 0 Å². The lowest BCUT2D eigenvalue weighted by Gasteiger charge is -2.27. The molecule has 1 saturated heterocycles. The van der Waals surface area contributed by atoms with Crippen LogP contribution in [-0.2, 0) is 22.6 Å². The van der Waals surface area contributed by atoms with Crippen molar-refractivity contribution >= 4 is 34.1 Å². The van der Waals surface area contributed by atoms with Gasteiger partial charge >= 0.3 is 0 Å². The van der Waals surface area contributed by atoms with Gasteiger partial charge in [-0.1, -0.05) is 0 Å². The number of carbonyl (C=O) groups excluding carboxylic acids is 1. The number of fused-ring (bicyclic) bond motifs is 1. The molecule has 10 nitrogen and oxygen atoms in total. The first-order valence-electron chi connectivity index (χ1n) is 10.8. The minimum atomic E-state index is -0.417. The molecule has 1 aliphatic heterocycles. The lowest BCUT2D eigenvalue weighted by Crippen LogP contribution is -2.41. The molecule has 0 bridgehead atoms. The third-order valence-corrected chi connectivity index (χ3v) is 5.45. The summed E-state index contributed by atoms with van der Waals surface area (Å²) in [4.78, 5) is 18.1. The molecule has 1 fully saturated rings. The van der Waals surface area contributed by atoms with Gasteiger partial charge in [-0.25, -0.2) is 9.37 Å². The zero-order valence-electron chi connectivity index (χ0n) is 18.2. The van der Waals surface area contributed by atoms with Crippen molar-refractivity contribution in [2.45, 2.75) is 19.5 Å². The SMILES string of the molecule is N#CCCn1ccc(Nc2cc3c(cn2)cnn3Cc2cc(F)cc(N3CCOCC3=O)c2)n1. The third-order valence-electron chi connectivity index (χ3n) is 5.45. The van der Waals surface area contributed by atoms with Crippen LogP contribution in [0, 0.1) is 17.1 Å². The van der Waals surface area contributed by atoms with E-state index in [0.29, 0.717) is 55.5 Å². The first kappa shape index (κ1) is 21.5. The number of benzene rings is 1. The fraction of sp³-hybridized carbons (Fsp3) is 0.261. The molecular weight excluding hydrogens is 439 g/mol. The zero-order chi connectivity index (χ0) is 23.5. The summed E-state index contributed by atoms with van der Waals surface area (Å²) in [7, 11) is 0. The zero-order valence-corrected chi connectivity index (χ0v) is 18.2. The number of aryl methyl sites for hydroxylation is 1. The number of halogens is 1. The van der Waals surface area contributed by atoms with Crippen LogP contribution in [0.4, 0.5) is 21.7 Å². The predicted molar refractivity (Wildman–Crippen MR) is 122 cm³/mol. The van der Waals surface area contributed by atoms with E-state index < -0.39 is 5.82 Å². The molecule has 1 aromatic carbocycles. The molecule has 0 atom stereocenters. The van der Waals surface area contributed by atoms with Crippen molar-refractivity contribution in [3.63, 3.8) is 0 Å². The molecule has 1 N–H and O–H groups in total. The van der Waals surface area contributed by atoms with E-state index in [-0.39, 0.29) is 12.5 Å². The largest absolute Gasteiger partial charge is 0.370 e. The highest BCUT2D eigenvalue weighted by Crippen LogP contribution is 2.24. The van der Waals surface area contributed by atoms with Gasteiger partial charge in [-0.2, -0.15) is 15.5 Å². The van der Waals surface area contributed by atoms with Crippen LogP contribution < -0.4 is 10.2 Å². The summed E-state index contributed by atoms with van der Waals surface area (Å²) in [6.45, 7) is 1.64. The van der Waals surface area contributed by atoms with E-state index in [1.54, 1.807) is 38.9 Å². The highest BCUT2D eigenvalue weighted by Gasteiger charge is 2.21. The maximum atomic E-state index is 14.4. The molecule has 34 heavy (non-hydrogen) atoms. The molecular formula is C23H21FN8O2. The molecule has 0 aliphatic carbocycles.